The minimum atomic E-state index is -0.337. The summed E-state index contributed by atoms with van der Waals surface area (Å²) in [6, 6.07) is 3.15. The van der Waals surface area contributed by atoms with Crippen LogP contribution in [0.2, 0.25) is 0 Å². The zero-order valence-electron chi connectivity index (χ0n) is 13.2. The van der Waals surface area contributed by atoms with Crippen molar-refractivity contribution < 1.29 is 23.8 Å². The Kier molecular flexibility index (Phi) is 3.52. The number of ketones is 2. The lowest BCUT2D eigenvalue weighted by molar-refractivity contribution is 0.0972. The van der Waals surface area contributed by atoms with Gasteiger partial charge in [0.2, 0.25) is 0 Å². The van der Waals surface area contributed by atoms with Crippen molar-refractivity contribution in [1.29, 1.82) is 0 Å². The molecule has 0 saturated heterocycles. The molecular weight excluding hydrogens is 298 g/mol. The summed E-state index contributed by atoms with van der Waals surface area (Å²) in [6.45, 7) is 1.76. The summed E-state index contributed by atoms with van der Waals surface area (Å²) < 4.78 is 15.9. The Balaban J connectivity index is 2.40. The van der Waals surface area contributed by atoms with Crippen molar-refractivity contribution in [3.05, 3.63) is 46.3 Å². The number of aryl methyl sites for hydroxylation is 1. The highest BCUT2D eigenvalue weighted by Gasteiger charge is 2.37. The minimum Gasteiger partial charge on any atom is -0.496 e. The van der Waals surface area contributed by atoms with Crippen LogP contribution < -0.4 is 14.2 Å². The van der Waals surface area contributed by atoms with Crippen molar-refractivity contribution in [2.75, 3.05) is 21.3 Å². The summed E-state index contributed by atoms with van der Waals surface area (Å²) in [6.07, 6.45) is 1.42. The monoisotopic (exact) mass is 313 g/mol. The first-order chi connectivity index (χ1) is 11.0. The molecule has 1 aromatic heterocycles. The van der Waals surface area contributed by atoms with E-state index in [0.29, 0.717) is 17.0 Å². The number of hydrogen-bond donors (Lipinski definition) is 0. The van der Waals surface area contributed by atoms with Gasteiger partial charge in [0.15, 0.2) is 23.1 Å². The summed E-state index contributed by atoms with van der Waals surface area (Å²) in [5.74, 6) is 0.186. The van der Waals surface area contributed by atoms with Crippen LogP contribution in [0.15, 0.2) is 18.3 Å². The number of hydrogen-bond acceptors (Lipinski definition) is 6. The van der Waals surface area contributed by atoms with Crippen LogP contribution >= 0.6 is 0 Å². The van der Waals surface area contributed by atoms with Gasteiger partial charge in [-0.1, -0.05) is 0 Å². The van der Waals surface area contributed by atoms with Crippen LogP contribution in [0, 0.1) is 6.92 Å². The van der Waals surface area contributed by atoms with E-state index in [9.17, 15) is 9.59 Å². The molecule has 0 atom stereocenters. The highest BCUT2D eigenvalue weighted by molar-refractivity contribution is 6.30. The molecule has 1 aliphatic rings. The van der Waals surface area contributed by atoms with Gasteiger partial charge in [-0.2, -0.15) is 0 Å². The summed E-state index contributed by atoms with van der Waals surface area (Å²) >= 11 is 0. The molecule has 0 amide bonds. The second-order valence-corrected chi connectivity index (χ2v) is 5.09. The van der Waals surface area contributed by atoms with Crippen molar-refractivity contribution in [3.63, 3.8) is 0 Å². The van der Waals surface area contributed by atoms with E-state index in [1.807, 2.05) is 0 Å². The Morgan fingerprint density at radius 1 is 0.826 bits per heavy atom. The van der Waals surface area contributed by atoms with Gasteiger partial charge in [0.05, 0.1) is 38.0 Å². The molecule has 6 nitrogen and oxygen atoms in total. The molecule has 1 heterocycles. The van der Waals surface area contributed by atoms with Gasteiger partial charge >= 0.3 is 0 Å². The van der Waals surface area contributed by atoms with Crippen LogP contribution in [0.25, 0.3) is 0 Å². The van der Waals surface area contributed by atoms with Crippen LogP contribution in [0.5, 0.6) is 17.2 Å². The standard InChI is InChI=1S/C17H15NO5/c1-8-5-9-10(7-18-8)16(20)14-13(15(9)19)11(21-2)6-12(22-3)17(14)23-4/h5-7H,1-4H3. The summed E-state index contributed by atoms with van der Waals surface area (Å²) in [5, 5.41) is 0. The van der Waals surface area contributed by atoms with E-state index in [1.54, 1.807) is 19.1 Å². The Hall–Kier alpha value is -2.89. The van der Waals surface area contributed by atoms with Crippen LogP contribution in [-0.2, 0) is 0 Å². The Morgan fingerprint density at radius 3 is 2.09 bits per heavy atom. The van der Waals surface area contributed by atoms with Gasteiger partial charge in [0.25, 0.3) is 0 Å². The molecule has 0 unspecified atom stereocenters. The number of aromatic nitrogens is 1. The van der Waals surface area contributed by atoms with Crippen molar-refractivity contribution in [1.82, 2.24) is 4.98 Å². The third-order valence-corrected chi connectivity index (χ3v) is 3.84. The quantitative estimate of drug-likeness (QED) is 0.738. The maximum Gasteiger partial charge on any atom is 0.200 e. The number of nitrogens with zero attached hydrogens (tertiary/aromatic N) is 1. The Morgan fingerprint density at radius 2 is 1.48 bits per heavy atom. The van der Waals surface area contributed by atoms with E-state index in [1.165, 1.54) is 27.5 Å². The van der Waals surface area contributed by atoms with E-state index in [4.69, 9.17) is 14.2 Å². The van der Waals surface area contributed by atoms with Crippen LogP contribution in [0.4, 0.5) is 0 Å². The average molecular weight is 313 g/mol. The van der Waals surface area contributed by atoms with Crippen molar-refractivity contribution in [2.24, 2.45) is 0 Å². The Labute approximate surface area is 133 Å². The molecule has 1 aromatic carbocycles. The molecule has 0 aliphatic heterocycles. The first kappa shape index (κ1) is 15.0. The molecule has 6 heteroatoms. The first-order valence-electron chi connectivity index (χ1n) is 6.92. The number of carbonyl (C=O) groups is 2. The van der Waals surface area contributed by atoms with E-state index in [-0.39, 0.29) is 39.8 Å². The zero-order chi connectivity index (χ0) is 16.7. The molecular formula is C17H15NO5. The van der Waals surface area contributed by atoms with Crippen LogP contribution in [-0.4, -0.2) is 37.9 Å². The predicted octanol–water partition coefficient (Wildman–Crippen LogP) is 2.19. The highest BCUT2D eigenvalue weighted by atomic mass is 16.5. The molecule has 0 N–H and O–H groups in total. The fraction of sp³-hybridized carbons (Fsp3) is 0.235. The predicted molar refractivity (Wildman–Crippen MR) is 81.9 cm³/mol. The molecule has 2 aromatic rings. The molecule has 0 bridgehead atoms. The fourth-order valence-corrected chi connectivity index (χ4v) is 2.77. The van der Waals surface area contributed by atoms with Gasteiger partial charge in [0, 0.05) is 23.5 Å². The smallest absolute Gasteiger partial charge is 0.200 e. The largest absolute Gasteiger partial charge is 0.496 e. The average Bonchev–Trinajstić information content (AvgIpc) is 2.57. The number of rotatable bonds is 3. The highest BCUT2D eigenvalue weighted by Crippen LogP contribution is 2.44. The van der Waals surface area contributed by atoms with Gasteiger partial charge in [-0.25, -0.2) is 0 Å². The number of fused-ring (bicyclic) bond motifs is 2. The van der Waals surface area contributed by atoms with Crippen LogP contribution in [0.3, 0.4) is 0 Å². The minimum absolute atomic E-state index is 0.145. The molecule has 0 radical (unpaired) electrons. The van der Waals surface area contributed by atoms with Gasteiger partial charge in [-0.3, -0.25) is 14.6 Å². The van der Waals surface area contributed by atoms with E-state index < -0.39 is 0 Å². The lowest BCUT2D eigenvalue weighted by Gasteiger charge is -2.23. The van der Waals surface area contributed by atoms with E-state index in [0.717, 1.165) is 0 Å². The topological polar surface area (TPSA) is 74.7 Å². The van der Waals surface area contributed by atoms with E-state index >= 15 is 0 Å². The Bertz CT molecular complexity index is 841. The molecule has 0 fully saturated rings. The second-order valence-electron chi connectivity index (χ2n) is 5.09. The molecule has 3 rings (SSSR count). The zero-order valence-corrected chi connectivity index (χ0v) is 13.2. The van der Waals surface area contributed by atoms with Gasteiger partial charge in [-0.15, -0.1) is 0 Å². The van der Waals surface area contributed by atoms with Gasteiger partial charge in [0.1, 0.15) is 5.75 Å². The van der Waals surface area contributed by atoms with Crippen LogP contribution in [0.1, 0.15) is 37.5 Å². The lowest BCUT2D eigenvalue weighted by Crippen LogP contribution is -2.23. The summed E-state index contributed by atoms with van der Waals surface area (Å²) in [4.78, 5) is 29.9. The van der Waals surface area contributed by atoms with Crippen molar-refractivity contribution in [3.8, 4) is 17.2 Å². The van der Waals surface area contributed by atoms with Crippen molar-refractivity contribution in [2.45, 2.75) is 6.92 Å². The molecule has 1 aliphatic carbocycles. The second kappa shape index (κ2) is 5.39. The molecule has 0 spiro atoms. The lowest BCUT2D eigenvalue weighted by atomic mass is 9.83. The SMILES string of the molecule is COc1cc(OC)c2c(c1OC)C(=O)c1cnc(C)cc1C2=O. The number of ether oxygens (including phenoxy) is 3. The molecule has 0 saturated carbocycles. The number of carbonyl (C=O) groups excluding carboxylic acids is 2. The first-order valence-corrected chi connectivity index (χ1v) is 6.92. The molecule has 118 valence electrons. The third kappa shape index (κ3) is 2.06. The number of pyridine rings is 1. The maximum absolute atomic E-state index is 12.9. The molecule has 23 heavy (non-hydrogen) atoms. The van der Waals surface area contributed by atoms with E-state index in [2.05, 4.69) is 4.98 Å². The maximum atomic E-state index is 12.9. The van der Waals surface area contributed by atoms with Crippen molar-refractivity contribution >= 4 is 11.6 Å². The number of benzene rings is 1. The third-order valence-electron chi connectivity index (χ3n) is 3.84. The van der Waals surface area contributed by atoms with Gasteiger partial charge < -0.3 is 14.2 Å². The summed E-state index contributed by atoms with van der Waals surface area (Å²) in [5.41, 5.74) is 1.56. The fourth-order valence-electron chi connectivity index (χ4n) is 2.77. The summed E-state index contributed by atoms with van der Waals surface area (Å²) in [7, 11) is 4.32. The number of methoxy groups -OCH3 is 3. The normalized spacial score (nSPS) is 12.5. The van der Waals surface area contributed by atoms with Gasteiger partial charge in [-0.05, 0) is 13.0 Å².